The second kappa shape index (κ2) is 5.96. The molecule has 23 heavy (non-hydrogen) atoms. The number of carboxylic acids is 1. The summed E-state index contributed by atoms with van der Waals surface area (Å²) < 4.78 is 0. The van der Waals surface area contributed by atoms with Gasteiger partial charge in [-0.25, -0.2) is 0 Å². The lowest BCUT2D eigenvalue weighted by Crippen LogP contribution is -2.49. The van der Waals surface area contributed by atoms with Crippen LogP contribution in [-0.2, 0) is 16.1 Å². The van der Waals surface area contributed by atoms with E-state index in [0.717, 1.165) is 19.6 Å². The molecule has 0 unspecified atom stereocenters. The summed E-state index contributed by atoms with van der Waals surface area (Å²) in [5.74, 6) is -1.73. The summed E-state index contributed by atoms with van der Waals surface area (Å²) in [7, 11) is 0. The summed E-state index contributed by atoms with van der Waals surface area (Å²) in [6.45, 7) is 7.70. The van der Waals surface area contributed by atoms with E-state index in [0.29, 0.717) is 13.1 Å². The molecule has 5 heteroatoms. The maximum atomic E-state index is 12.6. The smallest absolute Gasteiger partial charge is 0.307 e. The monoisotopic (exact) mass is 316 g/mol. The van der Waals surface area contributed by atoms with Crippen molar-refractivity contribution in [3.05, 3.63) is 35.9 Å². The van der Waals surface area contributed by atoms with E-state index < -0.39 is 17.3 Å². The van der Waals surface area contributed by atoms with Gasteiger partial charge in [0.15, 0.2) is 0 Å². The molecule has 2 fully saturated rings. The number of rotatable bonds is 4. The van der Waals surface area contributed by atoms with Crippen molar-refractivity contribution < 1.29 is 14.7 Å². The third-order valence-corrected chi connectivity index (χ3v) is 5.29. The molecule has 1 N–H and O–H groups in total. The van der Waals surface area contributed by atoms with Crippen LogP contribution in [0.25, 0.3) is 0 Å². The Kier molecular flexibility index (Phi) is 4.15. The van der Waals surface area contributed by atoms with Crippen LogP contribution in [0.5, 0.6) is 0 Å². The average Bonchev–Trinajstić information content (AvgIpc) is 3.11. The van der Waals surface area contributed by atoms with E-state index in [1.807, 2.05) is 36.9 Å². The lowest BCUT2D eigenvalue weighted by Gasteiger charge is -2.35. The molecule has 1 heterocycles. The first-order valence-corrected chi connectivity index (χ1v) is 8.19. The summed E-state index contributed by atoms with van der Waals surface area (Å²) >= 11 is 0. The van der Waals surface area contributed by atoms with E-state index in [4.69, 9.17) is 0 Å². The van der Waals surface area contributed by atoms with Crippen molar-refractivity contribution in [2.75, 3.05) is 26.2 Å². The largest absolute Gasteiger partial charge is 0.481 e. The van der Waals surface area contributed by atoms with Crippen LogP contribution in [0.3, 0.4) is 0 Å². The lowest BCUT2D eigenvalue weighted by molar-refractivity contribution is -0.142. The highest BCUT2D eigenvalue weighted by Gasteiger charge is 2.66. The number of nitrogens with zero attached hydrogens (tertiary/aromatic N) is 2. The van der Waals surface area contributed by atoms with Crippen molar-refractivity contribution in [1.29, 1.82) is 0 Å². The van der Waals surface area contributed by atoms with Crippen molar-refractivity contribution in [2.45, 2.75) is 20.4 Å². The Balaban J connectivity index is 1.53. The van der Waals surface area contributed by atoms with E-state index in [-0.39, 0.29) is 11.8 Å². The van der Waals surface area contributed by atoms with Gasteiger partial charge in [-0.2, -0.15) is 0 Å². The summed E-state index contributed by atoms with van der Waals surface area (Å²) in [4.78, 5) is 28.0. The molecule has 1 saturated carbocycles. The van der Waals surface area contributed by atoms with Gasteiger partial charge in [-0.1, -0.05) is 44.2 Å². The van der Waals surface area contributed by atoms with Gasteiger partial charge in [-0.3, -0.25) is 14.5 Å². The Morgan fingerprint density at radius 2 is 1.70 bits per heavy atom. The topological polar surface area (TPSA) is 60.9 Å². The molecule has 1 aliphatic heterocycles. The minimum Gasteiger partial charge on any atom is -0.481 e. The van der Waals surface area contributed by atoms with E-state index in [1.165, 1.54) is 5.56 Å². The molecule has 1 aromatic carbocycles. The number of piperazine rings is 1. The van der Waals surface area contributed by atoms with Crippen molar-refractivity contribution in [2.24, 2.45) is 17.3 Å². The summed E-state index contributed by atoms with van der Waals surface area (Å²) in [6, 6.07) is 10.3. The lowest BCUT2D eigenvalue weighted by atomic mass is 10.1. The normalized spacial score (nSPS) is 26.8. The van der Waals surface area contributed by atoms with Gasteiger partial charge < -0.3 is 10.0 Å². The predicted molar refractivity (Wildman–Crippen MR) is 86.7 cm³/mol. The fourth-order valence-electron chi connectivity index (χ4n) is 3.72. The Labute approximate surface area is 136 Å². The number of aliphatic carboxylic acids is 1. The van der Waals surface area contributed by atoms with Gasteiger partial charge in [0.2, 0.25) is 5.91 Å². The van der Waals surface area contributed by atoms with Crippen molar-refractivity contribution in [1.82, 2.24) is 9.80 Å². The Bertz CT molecular complexity index is 592. The molecule has 1 aromatic rings. The first-order chi connectivity index (χ1) is 10.9. The van der Waals surface area contributed by atoms with Crippen LogP contribution in [0, 0.1) is 17.3 Å². The number of carbonyl (C=O) groups excluding carboxylic acids is 1. The molecule has 0 aromatic heterocycles. The van der Waals surface area contributed by atoms with Crippen LogP contribution in [0.1, 0.15) is 19.4 Å². The van der Waals surface area contributed by atoms with Crippen LogP contribution in [-0.4, -0.2) is 53.0 Å². The molecule has 2 atom stereocenters. The zero-order valence-electron chi connectivity index (χ0n) is 13.7. The van der Waals surface area contributed by atoms with Gasteiger partial charge in [-0.15, -0.1) is 0 Å². The van der Waals surface area contributed by atoms with Crippen LogP contribution >= 0.6 is 0 Å². The molecule has 1 amide bonds. The van der Waals surface area contributed by atoms with Gasteiger partial charge in [0, 0.05) is 32.7 Å². The highest BCUT2D eigenvalue weighted by molar-refractivity contribution is 5.91. The first kappa shape index (κ1) is 16.0. The molecule has 0 spiro atoms. The number of hydrogen-bond acceptors (Lipinski definition) is 3. The third-order valence-electron chi connectivity index (χ3n) is 5.29. The molecule has 5 nitrogen and oxygen atoms in total. The van der Waals surface area contributed by atoms with E-state index >= 15 is 0 Å². The highest BCUT2D eigenvalue weighted by atomic mass is 16.4. The fraction of sp³-hybridized carbons (Fsp3) is 0.556. The van der Waals surface area contributed by atoms with E-state index in [2.05, 4.69) is 17.0 Å². The van der Waals surface area contributed by atoms with Crippen LogP contribution in [0.15, 0.2) is 30.3 Å². The second-order valence-corrected chi connectivity index (χ2v) is 7.20. The van der Waals surface area contributed by atoms with E-state index in [9.17, 15) is 14.7 Å². The van der Waals surface area contributed by atoms with Crippen LogP contribution < -0.4 is 0 Å². The SMILES string of the molecule is CC1(C)[C@H](C(=O)O)[C@@H]1C(=O)N1CCN(Cc2ccccc2)CC1. The summed E-state index contributed by atoms with van der Waals surface area (Å²) in [5.41, 5.74) is 0.867. The molecule has 0 radical (unpaired) electrons. The van der Waals surface area contributed by atoms with Gasteiger partial charge in [-0.05, 0) is 11.0 Å². The van der Waals surface area contributed by atoms with Crippen LogP contribution in [0.4, 0.5) is 0 Å². The molecule has 1 saturated heterocycles. The maximum absolute atomic E-state index is 12.6. The van der Waals surface area contributed by atoms with Crippen molar-refractivity contribution in [3.8, 4) is 0 Å². The number of amides is 1. The van der Waals surface area contributed by atoms with Gasteiger partial charge in [0.05, 0.1) is 11.8 Å². The minimum atomic E-state index is -0.851. The Hall–Kier alpha value is -1.88. The molecule has 1 aliphatic carbocycles. The Morgan fingerprint density at radius 3 is 2.22 bits per heavy atom. The number of benzene rings is 1. The van der Waals surface area contributed by atoms with Gasteiger partial charge >= 0.3 is 5.97 Å². The molecular formula is C18H24N2O3. The van der Waals surface area contributed by atoms with Gasteiger partial charge in [0.1, 0.15) is 0 Å². The molecular weight excluding hydrogens is 292 g/mol. The standard InChI is InChI=1S/C18H24N2O3/c1-18(2)14(15(18)17(22)23)16(21)20-10-8-19(9-11-20)12-13-6-4-3-5-7-13/h3-7,14-15H,8-12H2,1-2H3,(H,22,23)/t14-,15+/m1/s1. The zero-order chi connectivity index (χ0) is 16.6. The summed E-state index contributed by atoms with van der Waals surface area (Å²) in [6.07, 6.45) is 0. The Morgan fingerprint density at radius 1 is 1.09 bits per heavy atom. The number of hydrogen-bond donors (Lipinski definition) is 1. The van der Waals surface area contributed by atoms with E-state index in [1.54, 1.807) is 0 Å². The second-order valence-electron chi connectivity index (χ2n) is 7.20. The molecule has 3 rings (SSSR count). The third kappa shape index (κ3) is 3.11. The van der Waals surface area contributed by atoms with Crippen molar-refractivity contribution in [3.63, 3.8) is 0 Å². The number of carboxylic acid groups (broad SMARTS) is 1. The molecule has 124 valence electrons. The first-order valence-electron chi connectivity index (χ1n) is 8.19. The van der Waals surface area contributed by atoms with Crippen LogP contribution in [0.2, 0.25) is 0 Å². The fourth-order valence-corrected chi connectivity index (χ4v) is 3.72. The molecule has 2 aliphatic rings. The highest BCUT2D eigenvalue weighted by Crippen LogP contribution is 2.59. The molecule has 0 bridgehead atoms. The zero-order valence-corrected chi connectivity index (χ0v) is 13.7. The van der Waals surface area contributed by atoms with Gasteiger partial charge in [0.25, 0.3) is 0 Å². The average molecular weight is 316 g/mol. The maximum Gasteiger partial charge on any atom is 0.307 e. The quantitative estimate of drug-likeness (QED) is 0.918. The minimum absolute atomic E-state index is 0.0155. The van der Waals surface area contributed by atoms with Crippen molar-refractivity contribution >= 4 is 11.9 Å². The number of carbonyl (C=O) groups is 2. The predicted octanol–water partition coefficient (Wildman–Crippen LogP) is 1.69. The summed E-state index contributed by atoms with van der Waals surface area (Å²) in [5, 5.41) is 9.23.